The molecule has 0 N–H and O–H groups in total. The second-order valence-electron chi connectivity index (χ2n) is 6.89. The summed E-state index contributed by atoms with van der Waals surface area (Å²) in [7, 11) is -3.56. The summed E-state index contributed by atoms with van der Waals surface area (Å²) in [4.78, 5) is 13.5. The topological polar surface area (TPSA) is 81.5 Å². The summed E-state index contributed by atoms with van der Waals surface area (Å²) in [6.07, 6.45) is -0.166. The molecular weight excluding hydrogens is 326 g/mol. The van der Waals surface area contributed by atoms with Crippen LogP contribution in [0.4, 0.5) is 0 Å². The van der Waals surface area contributed by atoms with Crippen LogP contribution in [0.25, 0.3) is 0 Å². The Balaban J connectivity index is 2.09. The van der Waals surface area contributed by atoms with Crippen LogP contribution in [0, 0.1) is 11.3 Å². The SMILES string of the molecule is CC(C)(C)c1ccc(S(=O)(=O)N2CCN(C(=O)CC#N)CC2)cc1. The zero-order valence-corrected chi connectivity index (χ0v) is 15.1. The Morgan fingerprint density at radius 1 is 1.12 bits per heavy atom. The minimum atomic E-state index is -3.56. The molecule has 1 saturated heterocycles. The molecule has 0 aromatic heterocycles. The number of nitrogens with zero attached hydrogens (tertiary/aromatic N) is 3. The van der Waals surface area contributed by atoms with Gasteiger partial charge in [0.1, 0.15) is 6.42 Å². The van der Waals surface area contributed by atoms with Crippen LogP contribution in [0.3, 0.4) is 0 Å². The molecule has 1 heterocycles. The van der Waals surface area contributed by atoms with E-state index in [0.717, 1.165) is 5.56 Å². The Hall–Kier alpha value is -1.91. The summed E-state index contributed by atoms with van der Waals surface area (Å²) in [5, 5.41) is 8.57. The maximum atomic E-state index is 12.7. The van der Waals surface area contributed by atoms with Gasteiger partial charge in [-0.2, -0.15) is 9.57 Å². The van der Waals surface area contributed by atoms with E-state index < -0.39 is 10.0 Å². The van der Waals surface area contributed by atoms with E-state index in [-0.39, 0.29) is 35.7 Å². The normalized spacial score (nSPS) is 16.7. The van der Waals surface area contributed by atoms with Crippen LogP contribution < -0.4 is 0 Å². The Bertz CT molecular complexity index is 735. The number of nitriles is 1. The van der Waals surface area contributed by atoms with Gasteiger partial charge in [-0.25, -0.2) is 8.42 Å². The Labute approximate surface area is 143 Å². The van der Waals surface area contributed by atoms with E-state index in [2.05, 4.69) is 20.8 Å². The van der Waals surface area contributed by atoms with Crippen molar-refractivity contribution in [2.24, 2.45) is 0 Å². The second kappa shape index (κ2) is 6.91. The lowest BCUT2D eigenvalue weighted by molar-refractivity contribution is -0.131. The van der Waals surface area contributed by atoms with Crippen LogP contribution >= 0.6 is 0 Å². The molecule has 1 fully saturated rings. The number of rotatable bonds is 3. The summed E-state index contributed by atoms with van der Waals surface area (Å²) in [6.45, 7) is 7.37. The van der Waals surface area contributed by atoms with Gasteiger partial charge in [-0.05, 0) is 23.1 Å². The summed E-state index contributed by atoms with van der Waals surface area (Å²) < 4.78 is 26.8. The molecular formula is C17H23N3O3S. The summed E-state index contributed by atoms with van der Waals surface area (Å²) in [5.74, 6) is -0.246. The number of sulfonamides is 1. The average molecular weight is 349 g/mol. The molecule has 1 aliphatic heterocycles. The number of piperazine rings is 1. The smallest absolute Gasteiger partial charge is 0.243 e. The predicted molar refractivity (Wildman–Crippen MR) is 90.7 cm³/mol. The van der Waals surface area contributed by atoms with Gasteiger partial charge in [0.15, 0.2) is 0 Å². The molecule has 0 aliphatic carbocycles. The number of hydrogen-bond donors (Lipinski definition) is 0. The van der Waals surface area contributed by atoms with Crippen molar-refractivity contribution in [3.63, 3.8) is 0 Å². The van der Waals surface area contributed by atoms with Gasteiger partial charge in [0.2, 0.25) is 15.9 Å². The maximum Gasteiger partial charge on any atom is 0.243 e. The van der Waals surface area contributed by atoms with Crippen molar-refractivity contribution in [1.29, 1.82) is 5.26 Å². The lowest BCUT2D eigenvalue weighted by Crippen LogP contribution is -2.50. The largest absolute Gasteiger partial charge is 0.339 e. The van der Waals surface area contributed by atoms with E-state index >= 15 is 0 Å². The van der Waals surface area contributed by atoms with E-state index in [0.29, 0.717) is 13.1 Å². The first kappa shape index (κ1) is 18.4. The molecule has 1 aromatic carbocycles. The van der Waals surface area contributed by atoms with Crippen molar-refractivity contribution in [2.75, 3.05) is 26.2 Å². The Morgan fingerprint density at radius 3 is 2.12 bits per heavy atom. The molecule has 0 radical (unpaired) electrons. The number of carbonyl (C=O) groups excluding carboxylic acids is 1. The quantitative estimate of drug-likeness (QED) is 0.832. The fourth-order valence-electron chi connectivity index (χ4n) is 2.63. The summed E-state index contributed by atoms with van der Waals surface area (Å²) in [5.41, 5.74) is 1.04. The van der Waals surface area contributed by atoms with Gasteiger partial charge in [0.05, 0.1) is 11.0 Å². The van der Waals surface area contributed by atoms with Crippen molar-refractivity contribution in [2.45, 2.75) is 37.5 Å². The van der Waals surface area contributed by atoms with Crippen LogP contribution in [0.1, 0.15) is 32.8 Å². The van der Waals surface area contributed by atoms with Crippen molar-refractivity contribution < 1.29 is 13.2 Å². The third kappa shape index (κ3) is 3.94. The van der Waals surface area contributed by atoms with Crippen LogP contribution in [0.15, 0.2) is 29.2 Å². The average Bonchev–Trinajstić information content (AvgIpc) is 2.54. The highest BCUT2D eigenvalue weighted by atomic mass is 32.2. The minimum absolute atomic E-state index is 0.0327. The molecule has 6 nitrogen and oxygen atoms in total. The van der Waals surface area contributed by atoms with Crippen molar-refractivity contribution in [3.8, 4) is 6.07 Å². The summed E-state index contributed by atoms with van der Waals surface area (Å²) >= 11 is 0. The molecule has 1 aliphatic rings. The van der Waals surface area contributed by atoms with Crippen LogP contribution in [0.2, 0.25) is 0 Å². The third-order valence-electron chi connectivity index (χ3n) is 4.18. The van der Waals surface area contributed by atoms with Gasteiger partial charge in [0.25, 0.3) is 0 Å². The van der Waals surface area contributed by atoms with E-state index in [1.54, 1.807) is 12.1 Å². The molecule has 0 spiro atoms. The van der Waals surface area contributed by atoms with Gasteiger partial charge in [-0.1, -0.05) is 32.9 Å². The van der Waals surface area contributed by atoms with Gasteiger partial charge < -0.3 is 4.90 Å². The third-order valence-corrected chi connectivity index (χ3v) is 6.09. The molecule has 24 heavy (non-hydrogen) atoms. The number of carbonyl (C=O) groups is 1. The number of amides is 1. The molecule has 0 saturated carbocycles. The first-order chi connectivity index (χ1) is 11.2. The highest BCUT2D eigenvalue weighted by Crippen LogP contribution is 2.25. The molecule has 2 rings (SSSR count). The molecule has 7 heteroatoms. The molecule has 1 amide bonds. The molecule has 0 bridgehead atoms. The zero-order valence-electron chi connectivity index (χ0n) is 14.3. The van der Waals surface area contributed by atoms with Gasteiger partial charge in [-0.15, -0.1) is 0 Å². The fraction of sp³-hybridized carbons (Fsp3) is 0.529. The van der Waals surface area contributed by atoms with Gasteiger partial charge in [-0.3, -0.25) is 4.79 Å². The number of hydrogen-bond acceptors (Lipinski definition) is 4. The number of benzene rings is 1. The lowest BCUT2D eigenvalue weighted by Gasteiger charge is -2.33. The first-order valence-corrected chi connectivity index (χ1v) is 9.35. The van der Waals surface area contributed by atoms with Crippen molar-refractivity contribution in [1.82, 2.24) is 9.21 Å². The van der Waals surface area contributed by atoms with E-state index in [1.807, 2.05) is 18.2 Å². The molecule has 0 atom stereocenters. The van der Waals surface area contributed by atoms with Crippen LogP contribution in [-0.2, 0) is 20.2 Å². The minimum Gasteiger partial charge on any atom is -0.339 e. The summed E-state index contributed by atoms with van der Waals surface area (Å²) in [6, 6.07) is 8.80. The second-order valence-corrected chi connectivity index (χ2v) is 8.83. The van der Waals surface area contributed by atoms with Crippen molar-refractivity contribution >= 4 is 15.9 Å². The predicted octanol–water partition coefficient (Wildman–Crippen LogP) is 1.73. The lowest BCUT2D eigenvalue weighted by atomic mass is 9.87. The van der Waals surface area contributed by atoms with Crippen LogP contribution in [-0.4, -0.2) is 49.7 Å². The van der Waals surface area contributed by atoms with Gasteiger partial charge >= 0.3 is 0 Å². The Kier molecular flexibility index (Phi) is 5.31. The maximum absolute atomic E-state index is 12.7. The highest BCUT2D eigenvalue weighted by Gasteiger charge is 2.30. The van der Waals surface area contributed by atoms with Gasteiger partial charge in [0, 0.05) is 26.2 Å². The highest BCUT2D eigenvalue weighted by molar-refractivity contribution is 7.89. The van der Waals surface area contributed by atoms with E-state index in [9.17, 15) is 13.2 Å². The zero-order chi connectivity index (χ0) is 18.0. The fourth-order valence-corrected chi connectivity index (χ4v) is 4.06. The molecule has 130 valence electrons. The molecule has 1 aromatic rings. The van der Waals surface area contributed by atoms with Crippen molar-refractivity contribution in [3.05, 3.63) is 29.8 Å². The first-order valence-electron chi connectivity index (χ1n) is 7.91. The van der Waals surface area contributed by atoms with E-state index in [4.69, 9.17) is 5.26 Å². The van der Waals surface area contributed by atoms with Crippen LogP contribution in [0.5, 0.6) is 0 Å². The standard InChI is InChI=1S/C17H23N3O3S/c1-17(2,3)14-4-6-15(7-5-14)24(22,23)20-12-10-19(11-13-20)16(21)8-9-18/h4-7H,8,10-13H2,1-3H3. The molecule has 0 unspecified atom stereocenters. The van der Waals surface area contributed by atoms with E-state index in [1.165, 1.54) is 9.21 Å². The Morgan fingerprint density at radius 2 is 1.67 bits per heavy atom. The monoisotopic (exact) mass is 349 g/mol.